The molecule has 0 aromatic carbocycles. The van der Waals surface area contributed by atoms with Crippen LogP contribution >= 0.6 is 0 Å². The molecular weight excluding hydrogens is 204 g/mol. The van der Waals surface area contributed by atoms with Crippen LogP contribution in [0.1, 0.15) is 18.7 Å². The second kappa shape index (κ2) is 3.71. The summed E-state index contributed by atoms with van der Waals surface area (Å²) in [5, 5.41) is 3.44. The van der Waals surface area contributed by atoms with Gasteiger partial charge in [-0.05, 0) is 12.8 Å². The number of aromatic nitrogens is 4. The number of nitrogens with zero attached hydrogens (tertiary/aromatic N) is 3. The Hall–Kier alpha value is -1.69. The van der Waals surface area contributed by atoms with Gasteiger partial charge < -0.3 is 16.0 Å². The third kappa shape index (κ3) is 1.83. The summed E-state index contributed by atoms with van der Waals surface area (Å²) in [6, 6.07) is 0.731. The second-order valence-electron chi connectivity index (χ2n) is 4.12. The minimum Gasteiger partial charge on any atom is -0.382 e. The largest absolute Gasteiger partial charge is 0.382 e. The monoisotopic (exact) mass is 218 g/mol. The summed E-state index contributed by atoms with van der Waals surface area (Å²) in [5.41, 5.74) is 7.11. The molecule has 1 aliphatic carbocycles. The maximum Gasteiger partial charge on any atom is 0.183 e. The molecule has 84 valence electrons. The van der Waals surface area contributed by atoms with E-state index >= 15 is 0 Å². The molecule has 0 radical (unpaired) electrons. The first kappa shape index (κ1) is 9.53. The maximum atomic E-state index is 5.72. The zero-order valence-electron chi connectivity index (χ0n) is 8.90. The molecule has 0 atom stereocenters. The molecule has 0 saturated heterocycles. The lowest BCUT2D eigenvalue weighted by atomic mass is 10.4. The number of fused-ring (bicyclic) bond motifs is 1. The van der Waals surface area contributed by atoms with Crippen molar-refractivity contribution in [1.29, 1.82) is 0 Å². The third-order valence-corrected chi connectivity index (χ3v) is 2.74. The molecule has 1 fully saturated rings. The molecule has 6 heteroatoms. The number of hydrogen-bond donors (Lipinski definition) is 3. The van der Waals surface area contributed by atoms with E-state index in [1.165, 1.54) is 19.2 Å². The second-order valence-corrected chi connectivity index (χ2v) is 4.12. The zero-order chi connectivity index (χ0) is 11.0. The van der Waals surface area contributed by atoms with E-state index in [0.717, 1.165) is 30.3 Å². The topological polar surface area (TPSA) is 92.5 Å². The van der Waals surface area contributed by atoms with Crippen LogP contribution in [-0.2, 0) is 6.42 Å². The molecule has 3 rings (SSSR count). The van der Waals surface area contributed by atoms with Crippen LogP contribution in [-0.4, -0.2) is 32.5 Å². The first-order chi connectivity index (χ1) is 7.83. The molecule has 2 heterocycles. The van der Waals surface area contributed by atoms with Crippen LogP contribution < -0.4 is 11.1 Å². The normalized spacial score (nSPS) is 15.8. The fraction of sp³-hybridized carbons (Fsp3) is 0.500. The van der Waals surface area contributed by atoms with Gasteiger partial charge in [0.1, 0.15) is 17.7 Å². The van der Waals surface area contributed by atoms with Crippen LogP contribution in [0.4, 0.5) is 5.82 Å². The molecule has 0 spiro atoms. The van der Waals surface area contributed by atoms with Crippen molar-refractivity contribution in [2.75, 3.05) is 12.3 Å². The number of anilines is 1. The lowest BCUT2D eigenvalue weighted by Gasteiger charge is -1.98. The molecule has 0 unspecified atom stereocenters. The van der Waals surface area contributed by atoms with Crippen LogP contribution in [0.5, 0.6) is 0 Å². The zero-order valence-corrected chi connectivity index (χ0v) is 8.90. The highest BCUT2D eigenvalue weighted by Crippen LogP contribution is 2.18. The molecule has 0 amide bonds. The fourth-order valence-corrected chi connectivity index (χ4v) is 1.69. The lowest BCUT2D eigenvalue weighted by Crippen LogP contribution is -2.19. The SMILES string of the molecule is Nc1ncnc2nc(CCNC3CC3)[nH]c12. The molecule has 1 aliphatic rings. The average Bonchev–Trinajstić information content (AvgIpc) is 2.98. The standard InChI is InChI=1S/C10H14N6/c11-9-8-10(14-5-13-9)16-7(15-8)3-4-12-6-1-2-6/h5-6,12H,1-4H2,(H3,11,13,14,15,16). The number of aromatic amines is 1. The number of H-pyrrole nitrogens is 1. The smallest absolute Gasteiger partial charge is 0.183 e. The average molecular weight is 218 g/mol. The van der Waals surface area contributed by atoms with E-state index in [0.29, 0.717) is 11.5 Å². The first-order valence-corrected chi connectivity index (χ1v) is 5.51. The Bertz CT molecular complexity index is 501. The predicted octanol–water partition coefficient (Wildman–Crippen LogP) is 0.230. The van der Waals surface area contributed by atoms with Gasteiger partial charge >= 0.3 is 0 Å². The summed E-state index contributed by atoms with van der Waals surface area (Å²) in [4.78, 5) is 15.5. The van der Waals surface area contributed by atoms with E-state index in [1.54, 1.807) is 0 Å². The summed E-state index contributed by atoms with van der Waals surface area (Å²) < 4.78 is 0. The number of nitrogens with one attached hydrogen (secondary N) is 2. The van der Waals surface area contributed by atoms with Crippen LogP contribution in [0.15, 0.2) is 6.33 Å². The van der Waals surface area contributed by atoms with Gasteiger partial charge in [-0.15, -0.1) is 0 Å². The van der Waals surface area contributed by atoms with E-state index < -0.39 is 0 Å². The van der Waals surface area contributed by atoms with Gasteiger partial charge in [-0.25, -0.2) is 15.0 Å². The molecule has 2 aromatic heterocycles. The minimum atomic E-state index is 0.457. The third-order valence-electron chi connectivity index (χ3n) is 2.74. The number of imidazole rings is 1. The van der Waals surface area contributed by atoms with Gasteiger partial charge in [-0.3, -0.25) is 0 Å². The van der Waals surface area contributed by atoms with Crippen molar-refractivity contribution in [1.82, 2.24) is 25.3 Å². The van der Waals surface area contributed by atoms with Crippen molar-refractivity contribution < 1.29 is 0 Å². The van der Waals surface area contributed by atoms with Crippen molar-refractivity contribution in [2.45, 2.75) is 25.3 Å². The molecule has 0 bridgehead atoms. The van der Waals surface area contributed by atoms with Crippen LogP contribution in [0, 0.1) is 0 Å². The number of rotatable bonds is 4. The van der Waals surface area contributed by atoms with E-state index in [2.05, 4.69) is 25.3 Å². The van der Waals surface area contributed by atoms with Gasteiger partial charge in [0.15, 0.2) is 11.5 Å². The highest BCUT2D eigenvalue weighted by atomic mass is 15.1. The summed E-state index contributed by atoms with van der Waals surface area (Å²) in [6.45, 7) is 0.942. The molecule has 4 N–H and O–H groups in total. The fourth-order valence-electron chi connectivity index (χ4n) is 1.69. The van der Waals surface area contributed by atoms with Crippen molar-refractivity contribution in [3.63, 3.8) is 0 Å². The Kier molecular flexibility index (Phi) is 2.21. The van der Waals surface area contributed by atoms with Crippen LogP contribution in [0.3, 0.4) is 0 Å². The molecule has 0 aliphatic heterocycles. The van der Waals surface area contributed by atoms with Crippen molar-refractivity contribution in [2.24, 2.45) is 0 Å². The number of nitrogens with two attached hydrogens (primary N) is 1. The highest BCUT2D eigenvalue weighted by molar-refractivity contribution is 5.80. The summed E-state index contributed by atoms with van der Waals surface area (Å²) >= 11 is 0. The van der Waals surface area contributed by atoms with E-state index in [1.807, 2.05) is 0 Å². The molecule has 1 saturated carbocycles. The Balaban J connectivity index is 1.73. The van der Waals surface area contributed by atoms with Crippen LogP contribution in [0.2, 0.25) is 0 Å². The number of nitrogen functional groups attached to an aromatic ring is 1. The molecule has 16 heavy (non-hydrogen) atoms. The number of hydrogen-bond acceptors (Lipinski definition) is 5. The lowest BCUT2D eigenvalue weighted by molar-refractivity contribution is 0.670. The predicted molar refractivity (Wildman–Crippen MR) is 60.8 cm³/mol. The summed E-state index contributed by atoms with van der Waals surface area (Å²) in [6.07, 6.45) is 4.91. The molecule has 6 nitrogen and oxygen atoms in total. The maximum absolute atomic E-state index is 5.72. The van der Waals surface area contributed by atoms with Gasteiger partial charge in [-0.1, -0.05) is 0 Å². The first-order valence-electron chi connectivity index (χ1n) is 5.51. The Morgan fingerprint density at radius 1 is 1.44 bits per heavy atom. The summed E-state index contributed by atoms with van der Waals surface area (Å²) in [5.74, 6) is 1.37. The van der Waals surface area contributed by atoms with Gasteiger partial charge in [0.25, 0.3) is 0 Å². The molecular formula is C10H14N6. The minimum absolute atomic E-state index is 0.457. The quantitative estimate of drug-likeness (QED) is 0.683. The molecule has 2 aromatic rings. The van der Waals surface area contributed by atoms with Gasteiger partial charge in [0.2, 0.25) is 0 Å². The van der Waals surface area contributed by atoms with E-state index in [4.69, 9.17) is 5.73 Å². The van der Waals surface area contributed by atoms with E-state index in [9.17, 15) is 0 Å². The van der Waals surface area contributed by atoms with Crippen molar-refractivity contribution >= 4 is 17.0 Å². The van der Waals surface area contributed by atoms with Gasteiger partial charge in [0.05, 0.1) is 0 Å². The Labute approximate surface area is 92.7 Å². The van der Waals surface area contributed by atoms with Crippen molar-refractivity contribution in [3.05, 3.63) is 12.2 Å². The van der Waals surface area contributed by atoms with Gasteiger partial charge in [0, 0.05) is 19.0 Å². The van der Waals surface area contributed by atoms with Crippen molar-refractivity contribution in [3.8, 4) is 0 Å². The highest BCUT2D eigenvalue weighted by Gasteiger charge is 2.19. The van der Waals surface area contributed by atoms with Gasteiger partial charge in [-0.2, -0.15) is 0 Å². The summed E-state index contributed by atoms with van der Waals surface area (Å²) in [7, 11) is 0. The Morgan fingerprint density at radius 2 is 2.31 bits per heavy atom. The van der Waals surface area contributed by atoms with E-state index in [-0.39, 0.29) is 0 Å². The van der Waals surface area contributed by atoms with Crippen LogP contribution in [0.25, 0.3) is 11.2 Å². The Morgan fingerprint density at radius 3 is 3.06 bits per heavy atom.